The van der Waals surface area contributed by atoms with Crippen molar-refractivity contribution in [3.05, 3.63) is 59.8 Å². The first-order valence-corrected chi connectivity index (χ1v) is 10.3. The summed E-state index contributed by atoms with van der Waals surface area (Å²) >= 11 is 0. The molecule has 0 bridgehead atoms. The number of aromatic amines is 1. The highest BCUT2D eigenvalue weighted by Crippen LogP contribution is 2.27. The highest BCUT2D eigenvalue weighted by Gasteiger charge is 2.20. The molecule has 156 valence electrons. The molecule has 0 atom stereocenters. The molecular formula is C23H26N4O3. The molecule has 4 rings (SSSR count). The predicted molar refractivity (Wildman–Crippen MR) is 117 cm³/mol. The van der Waals surface area contributed by atoms with Crippen LogP contribution in [0.4, 0.5) is 10.5 Å². The smallest absolute Gasteiger partial charge is 0.319 e. The molecule has 1 aromatic heterocycles. The molecule has 0 saturated heterocycles. The van der Waals surface area contributed by atoms with E-state index in [1.165, 1.54) is 0 Å². The minimum atomic E-state index is -0.251. The van der Waals surface area contributed by atoms with Crippen LogP contribution in [0.15, 0.2) is 48.7 Å². The van der Waals surface area contributed by atoms with E-state index in [0.29, 0.717) is 44.8 Å². The lowest BCUT2D eigenvalue weighted by Gasteiger charge is -2.20. The normalized spacial score (nSPS) is 13.3. The summed E-state index contributed by atoms with van der Waals surface area (Å²) in [5.74, 6) is 0.849. The van der Waals surface area contributed by atoms with Gasteiger partial charge in [-0.15, -0.1) is 0 Å². The van der Waals surface area contributed by atoms with Crippen LogP contribution < -0.4 is 15.4 Å². The summed E-state index contributed by atoms with van der Waals surface area (Å²) in [6, 6.07) is 13.4. The Morgan fingerprint density at radius 2 is 2.07 bits per heavy atom. The van der Waals surface area contributed by atoms with Crippen LogP contribution in [0.3, 0.4) is 0 Å². The zero-order chi connectivity index (χ0) is 20.9. The number of carbonyl (C=O) groups excluding carboxylic acids is 2. The number of fused-ring (bicyclic) bond motifs is 2. The fourth-order valence-electron chi connectivity index (χ4n) is 3.76. The molecule has 3 amide bonds. The van der Waals surface area contributed by atoms with Crippen molar-refractivity contribution in [1.29, 1.82) is 0 Å². The van der Waals surface area contributed by atoms with E-state index in [-0.39, 0.29) is 11.9 Å². The number of aromatic nitrogens is 1. The third kappa shape index (κ3) is 4.40. The lowest BCUT2D eigenvalue weighted by atomic mass is 10.1. The summed E-state index contributed by atoms with van der Waals surface area (Å²) in [6.45, 7) is 3.88. The predicted octanol–water partition coefficient (Wildman–Crippen LogP) is 3.66. The maximum atomic E-state index is 12.9. The van der Waals surface area contributed by atoms with Crippen molar-refractivity contribution in [3.63, 3.8) is 0 Å². The molecule has 7 nitrogen and oxygen atoms in total. The molecule has 0 spiro atoms. The lowest BCUT2D eigenvalue weighted by molar-refractivity contribution is -0.131. The van der Waals surface area contributed by atoms with Crippen molar-refractivity contribution < 1.29 is 14.3 Å². The van der Waals surface area contributed by atoms with E-state index in [1.54, 1.807) is 0 Å². The van der Waals surface area contributed by atoms with Gasteiger partial charge in [-0.05, 0) is 43.2 Å². The number of hydrogen-bond acceptors (Lipinski definition) is 3. The van der Waals surface area contributed by atoms with Crippen molar-refractivity contribution in [2.75, 3.05) is 25.0 Å². The van der Waals surface area contributed by atoms with Crippen LogP contribution in [0.5, 0.6) is 5.75 Å². The number of anilines is 1. The Hall–Kier alpha value is -3.48. The summed E-state index contributed by atoms with van der Waals surface area (Å²) in [6.07, 6.45) is 3.11. The van der Waals surface area contributed by atoms with Crippen molar-refractivity contribution in [2.45, 2.75) is 26.3 Å². The van der Waals surface area contributed by atoms with Crippen LogP contribution in [0.1, 0.15) is 24.5 Å². The number of urea groups is 1. The van der Waals surface area contributed by atoms with E-state index in [4.69, 9.17) is 4.74 Å². The van der Waals surface area contributed by atoms with Crippen molar-refractivity contribution >= 4 is 28.5 Å². The highest BCUT2D eigenvalue weighted by molar-refractivity contribution is 5.89. The lowest BCUT2D eigenvalue weighted by Crippen LogP contribution is -2.32. The Morgan fingerprint density at radius 1 is 1.20 bits per heavy atom. The zero-order valence-electron chi connectivity index (χ0n) is 17.0. The Bertz CT molecular complexity index is 1060. The monoisotopic (exact) mass is 406 g/mol. The van der Waals surface area contributed by atoms with Crippen LogP contribution in [-0.2, 0) is 17.8 Å². The van der Waals surface area contributed by atoms with Gasteiger partial charge in [0, 0.05) is 47.9 Å². The van der Waals surface area contributed by atoms with E-state index in [2.05, 4.69) is 21.7 Å². The van der Waals surface area contributed by atoms with E-state index in [1.807, 2.05) is 54.4 Å². The topological polar surface area (TPSA) is 86.5 Å². The van der Waals surface area contributed by atoms with Crippen LogP contribution in [0, 0.1) is 0 Å². The van der Waals surface area contributed by atoms with Gasteiger partial charge < -0.3 is 25.3 Å². The number of benzene rings is 2. The molecule has 30 heavy (non-hydrogen) atoms. The van der Waals surface area contributed by atoms with Crippen LogP contribution >= 0.6 is 0 Å². The van der Waals surface area contributed by atoms with Crippen molar-refractivity contribution in [1.82, 2.24) is 15.2 Å². The van der Waals surface area contributed by atoms with Gasteiger partial charge in [-0.2, -0.15) is 0 Å². The number of nitrogens with one attached hydrogen (secondary N) is 3. The molecule has 0 aliphatic carbocycles. The van der Waals surface area contributed by atoms with Gasteiger partial charge in [0.1, 0.15) is 12.4 Å². The summed E-state index contributed by atoms with van der Waals surface area (Å²) in [7, 11) is 0. The zero-order valence-corrected chi connectivity index (χ0v) is 17.0. The molecule has 7 heteroatoms. The van der Waals surface area contributed by atoms with E-state index < -0.39 is 0 Å². The average molecular weight is 406 g/mol. The highest BCUT2D eigenvalue weighted by atomic mass is 16.5. The standard InChI is InChI=1S/C23H26N4O3/c1-2-24-23(29)26-18-8-9-21-17(13-18)15-27(11-12-30-21)22(28)10-7-16-14-25-20-6-4-3-5-19(16)20/h3-6,8-9,13-14,25H,2,7,10-12,15H2,1H3,(H2,24,26,29). The Kier molecular flexibility index (Phi) is 5.88. The second-order valence-electron chi connectivity index (χ2n) is 7.33. The van der Waals surface area contributed by atoms with Gasteiger partial charge in [0.25, 0.3) is 0 Å². The van der Waals surface area contributed by atoms with Gasteiger partial charge in [0.15, 0.2) is 0 Å². The van der Waals surface area contributed by atoms with Gasteiger partial charge in [0.2, 0.25) is 5.91 Å². The Labute approximate surface area is 175 Å². The van der Waals surface area contributed by atoms with Gasteiger partial charge in [-0.3, -0.25) is 4.79 Å². The largest absolute Gasteiger partial charge is 0.491 e. The molecular weight excluding hydrogens is 380 g/mol. The molecule has 3 aromatic rings. The molecule has 0 unspecified atom stereocenters. The molecule has 2 heterocycles. The van der Waals surface area contributed by atoms with E-state index in [9.17, 15) is 9.59 Å². The number of H-pyrrole nitrogens is 1. The van der Waals surface area contributed by atoms with Gasteiger partial charge in [-0.1, -0.05) is 18.2 Å². The second-order valence-corrected chi connectivity index (χ2v) is 7.33. The number of nitrogens with zero attached hydrogens (tertiary/aromatic N) is 1. The molecule has 1 aliphatic heterocycles. The Balaban J connectivity index is 1.42. The van der Waals surface area contributed by atoms with Crippen molar-refractivity contribution in [3.8, 4) is 5.75 Å². The molecule has 3 N–H and O–H groups in total. The first-order chi connectivity index (χ1) is 14.6. The number of para-hydroxylation sites is 1. The maximum Gasteiger partial charge on any atom is 0.319 e. The summed E-state index contributed by atoms with van der Waals surface area (Å²) in [4.78, 5) is 29.8. The first kappa shape index (κ1) is 19.8. The first-order valence-electron chi connectivity index (χ1n) is 10.3. The quantitative estimate of drug-likeness (QED) is 0.604. The third-order valence-corrected chi connectivity index (χ3v) is 5.27. The van der Waals surface area contributed by atoms with Gasteiger partial charge in [0.05, 0.1) is 6.54 Å². The van der Waals surface area contributed by atoms with Crippen LogP contribution in [0.2, 0.25) is 0 Å². The maximum absolute atomic E-state index is 12.9. The van der Waals surface area contributed by atoms with Crippen LogP contribution in [-0.4, -0.2) is 41.5 Å². The fourth-order valence-corrected chi connectivity index (χ4v) is 3.76. The summed E-state index contributed by atoms with van der Waals surface area (Å²) in [5.41, 5.74) is 3.81. The minimum absolute atomic E-state index is 0.0961. The number of ether oxygens (including phenoxy) is 1. The van der Waals surface area contributed by atoms with Gasteiger partial charge in [-0.25, -0.2) is 4.79 Å². The summed E-state index contributed by atoms with van der Waals surface area (Å²) in [5, 5.41) is 6.68. The van der Waals surface area contributed by atoms with Gasteiger partial charge >= 0.3 is 6.03 Å². The summed E-state index contributed by atoms with van der Waals surface area (Å²) < 4.78 is 5.82. The molecule has 2 aromatic carbocycles. The number of rotatable bonds is 5. The number of carbonyl (C=O) groups is 2. The van der Waals surface area contributed by atoms with E-state index in [0.717, 1.165) is 27.8 Å². The number of hydrogen-bond donors (Lipinski definition) is 3. The average Bonchev–Trinajstić information content (AvgIpc) is 3.03. The van der Waals surface area contributed by atoms with E-state index >= 15 is 0 Å². The fraction of sp³-hybridized carbons (Fsp3) is 0.304. The molecule has 0 radical (unpaired) electrons. The van der Waals surface area contributed by atoms with Crippen LogP contribution in [0.25, 0.3) is 10.9 Å². The Morgan fingerprint density at radius 3 is 2.93 bits per heavy atom. The molecule has 0 saturated carbocycles. The minimum Gasteiger partial charge on any atom is -0.491 e. The van der Waals surface area contributed by atoms with Crippen molar-refractivity contribution in [2.24, 2.45) is 0 Å². The number of amides is 3. The molecule has 1 aliphatic rings. The second kappa shape index (κ2) is 8.90. The third-order valence-electron chi connectivity index (χ3n) is 5.27. The number of aryl methyl sites for hydroxylation is 1. The SMILES string of the molecule is CCNC(=O)Nc1ccc2c(c1)CN(C(=O)CCc1c[nH]c3ccccc13)CCO2. The molecule has 0 fully saturated rings.